The zero-order valence-corrected chi connectivity index (χ0v) is 10.6. The van der Waals surface area contributed by atoms with E-state index in [-0.39, 0.29) is 0 Å². The van der Waals surface area contributed by atoms with E-state index in [0.717, 1.165) is 17.1 Å². The maximum Gasteiger partial charge on any atom is 0.134 e. The number of hydrogen-bond acceptors (Lipinski definition) is 2. The van der Waals surface area contributed by atoms with Crippen LogP contribution < -0.4 is 10.5 Å². The van der Waals surface area contributed by atoms with Gasteiger partial charge in [0.15, 0.2) is 0 Å². The third kappa shape index (κ3) is 3.36. The zero-order chi connectivity index (χ0) is 12.8. The minimum absolute atomic E-state index is 0.509. The van der Waals surface area contributed by atoms with E-state index >= 15 is 0 Å². The van der Waals surface area contributed by atoms with E-state index in [1.807, 2.05) is 48.6 Å². The van der Waals surface area contributed by atoms with Gasteiger partial charge in [-0.3, -0.25) is 0 Å². The van der Waals surface area contributed by atoms with Crippen molar-refractivity contribution in [3.63, 3.8) is 0 Å². The van der Waals surface area contributed by atoms with Crippen molar-refractivity contribution in [2.45, 2.75) is 0 Å². The summed E-state index contributed by atoms with van der Waals surface area (Å²) in [5, 5.41) is 0.693. The molecule has 18 heavy (non-hydrogen) atoms. The van der Waals surface area contributed by atoms with Gasteiger partial charge in [-0.05, 0) is 30.3 Å². The molecular formula is C15H14ClNO. The minimum Gasteiger partial charge on any atom is -0.457 e. The lowest BCUT2D eigenvalue weighted by Gasteiger charge is -2.08. The van der Waals surface area contributed by atoms with Crippen molar-refractivity contribution in [1.29, 1.82) is 0 Å². The Labute approximate surface area is 112 Å². The summed E-state index contributed by atoms with van der Waals surface area (Å²) in [5.74, 6) is 1.55. The van der Waals surface area contributed by atoms with Gasteiger partial charge in [-0.1, -0.05) is 42.0 Å². The summed E-state index contributed by atoms with van der Waals surface area (Å²) in [6.07, 6.45) is 3.84. The third-order valence-corrected chi connectivity index (χ3v) is 2.65. The van der Waals surface area contributed by atoms with E-state index in [1.54, 1.807) is 12.1 Å². The third-order valence-electron chi connectivity index (χ3n) is 2.39. The molecule has 0 aromatic heterocycles. The van der Waals surface area contributed by atoms with E-state index in [1.165, 1.54) is 0 Å². The highest BCUT2D eigenvalue weighted by molar-refractivity contribution is 6.30. The van der Waals surface area contributed by atoms with Crippen molar-refractivity contribution in [2.24, 2.45) is 5.73 Å². The number of rotatable bonds is 4. The smallest absolute Gasteiger partial charge is 0.134 e. The average molecular weight is 260 g/mol. The lowest BCUT2D eigenvalue weighted by molar-refractivity contribution is 0.481. The van der Waals surface area contributed by atoms with Gasteiger partial charge in [0, 0.05) is 17.1 Å². The highest BCUT2D eigenvalue weighted by Crippen LogP contribution is 2.26. The molecule has 2 nitrogen and oxygen atoms in total. The second kappa shape index (κ2) is 6.24. The van der Waals surface area contributed by atoms with E-state index in [2.05, 4.69) is 0 Å². The van der Waals surface area contributed by atoms with Crippen LogP contribution in [0.1, 0.15) is 5.56 Å². The van der Waals surface area contributed by atoms with Gasteiger partial charge in [-0.15, -0.1) is 0 Å². The van der Waals surface area contributed by atoms with Crippen LogP contribution in [0.3, 0.4) is 0 Å². The molecule has 0 unspecified atom stereocenters. The molecule has 2 aromatic rings. The van der Waals surface area contributed by atoms with E-state index < -0.39 is 0 Å². The fourth-order valence-electron chi connectivity index (χ4n) is 1.54. The molecule has 0 heterocycles. The van der Waals surface area contributed by atoms with Gasteiger partial charge in [-0.25, -0.2) is 0 Å². The van der Waals surface area contributed by atoms with Crippen LogP contribution in [-0.4, -0.2) is 6.54 Å². The molecule has 0 saturated heterocycles. The van der Waals surface area contributed by atoms with Crippen molar-refractivity contribution in [2.75, 3.05) is 6.54 Å². The second-order valence-corrected chi connectivity index (χ2v) is 4.17. The Morgan fingerprint density at radius 1 is 1.06 bits per heavy atom. The second-order valence-electron chi connectivity index (χ2n) is 3.73. The van der Waals surface area contributed by atoms with Crippen molar-refractivity contribution < 1.29 is 4.74 Å². The van der Waals surface area contributed by atoms with Crippen molar-refractivity contribution in [3.8, 4) is 11.5 Å². The largest absolute Gasteiger partial charge is 0.457 e. The zero-order valence-electron chi connectivity index (χ0n) is 9.84. The minimum atomic E-state index is 0.509. The SMILES string of the molecule is NC/C=C/c1ccccc1Oc1ccc(Cl)cc1. The molecule has 0 amide bonds. The van der Waals surface area contributed by atoms with Crippen LogP contribution in [0, 0.1) is 0 Å². The number of para-hydroxylation sites is 1. The Hall–Kier alpha value is -1.77. The Balaban J connectivity index is 2.23. The molecule has 0 spiro atoms. The van der Waals surface area contributed by atoms with Gasteiger partial charge in [0.05, 0.1) is 0 Å². The molecule has 0 aliphatic rings. The van der Waals surface area contributed by atoms with Crippen LogP contribution in [-0.2, 0) is 0 Å². The Bertz CT molecular complexity index is 534. The highest BCUT2D eigenvalue weighted by atomic mass is 35.5. The molecule has 0 saturated carbocycles. The summed E-state index contributed by atoms with van der Waals surface area (Å²) in [4.78, 5) is 0. The van der Waals surface area contributed by atoms with Crippen LogP contribution in [0.4, 0.5) is 0 Å². The molecule has 0 aliphatic carbocycles. The normalized spacial score (nSPS) is 10.8. The quantitative estimate of drug-likeness (QED) is 0.897. The number of halogens is 1. The Morgan fingerprint density at radius 3 is 2.50 bits per heavy atom. The summed E-state index contributed by atoms with van der Waals surface area (Å²) in [7, 11) is 0. The number of hydrogen-bond donors (Lipinski definition) is 1. The molecule has 92 valence electrons. The van der Waals surface area contributed by atoms with Crippen LogP contribution in [0.2, 0.25) is 5.02 Å². The Morgan fingerprint density at radius 2 is 1.78 bits per heavy atom. The molecule has 2 N–H and O–H groups in total. The molecule has 0 fully saturated rings. The summed E-state index contributed by atoms with van der Waals surface area (Å²) in [6.45, 7) is 0.509. The molecule has 0 aliphatic heterocycles. The number of nitrogens with two attached hydrogens (primary N) is 1. The van der Waals surface area contributed by atoms with E-state index in [4.69, 9.17) is 22.1 Å². The average Bonchev–Trinajstić information content (AvgIpc) is 2.40. The summed E-state index contributed by atoms with van der Waals surface area (Å²) in [6, 6.07) is 15.1. The molecular weight excluding hydrogens is 246 g/mol. The van der Waals surface area contributed by atoms with Crippen LogP contribution in [0.5, 0.6) is 11.5 Å². The first kappa shape index (κ1) is 12.7. The van der Waals surface area contributed by atoms with Crippen LogP contribution >= 0.6 is 11.6 Å². The van der Waals surface area contributed by atoms with Gasteiger partial charge >= 0.3 is 0 Å². The molecule has 2 aromatic carbocycles. The summed E-state index contributed by atoms with van der Waals surface area (Å²) < 4.78 is 5.81. The summed E-state index contributed by atoms with van der Waals surface area (Å²) >= 11 is 5.83. The van der Waals surface area contributed by atoms with Crippen LogP contribution in [0.25, 0.3) is 6.08 Å². The molecule has 0 radical (unpaired) electrons. The van der Waals surface area contributed by atoms with Crippen molar-refractivity contribution in [3.05, 3.63) is 65.2 Å². The van der Waals surface area contributed by atoms with Crippen molar-refractivity contribution >= 4 is 17.7 Å². The Kier molecular flexibility index (Phi) is 4.40. The predicted octanol–water partition coefficient (Wildman–Crippen LogP) is 4.10. The molecule has 2 rings (SSSR count). The van der Waals surface area contributed by atoms with E-state index in [9.17, 15) is 0 Å². The fraction of sp³-hybridized carbons (Fsp3) is 0.0667. The first-order chi connectivity index (χ1) is 8.79. The number of benzene rings is 2. The van der Waals surface area contributed by atoms with Crippen LogP contribution in [0.15, 0.2) is 54.6 Å². The van der Waals surface area contributed by atoms with Gasteiger partial charge in [-0.2, -0.15) is 0 Å². The number of ether oxygens (including phenoxy) is 1. The molecule has 0 bridgehead atoms. The van der Waals surface area contributed by atoms with E-state index in [0.29, 0.717) is 11.6 Å². The molecule has 3 heteroatoms. The lowest BCUT2D eigenvalue weighted by atomic mass is 10.2. The molecule has 0 atom stereocenters. The van der Waals surface area contributed by atoms with Gasteiger partial charge in [0.2, 0.25) is 0 Å². The monoisotopic (exact) mass is 259 g/mol. The van der Waals surface area contributed by atoms with Gasteiger partial charge in [0.1, 0.15) is 11.5 Å². The summed E-state index contributed by atoms with van der Waals surface area (Å²) in [5.41, 5.74) is 6.45. The highest BCUT2D eigenvalue weighted by Gasteiger charge is 2.01. The maximum absolute atomic E-state index is 5.83. The maximum atomic E-state index is 5.83. The van der Waals surface area contributed by atoms with Gasteiger partial charge < -0.3 is 10.5 Å². The lowest BCUT2D eigenvalue weighted by Crippen LogP contribution is -1.92. The first-order valence-electron chi connectivity index (χ1n) is 5.68. The van der Waals surface area contributed by atoms with Gasteiger partial charge in [0.25, 0.3) is 0 Å². The van der Waals surface area contributed by atoms with Crippen molar-refractivity contribution in [1.82, 2.24) is 0 Å². The topological polar surface area (TPSA) is 35.2 Å². The first-order valence-corrected chi connectivity index (χ1v) is 6.06. The predicted molar refractivity (Wildman–Crippen MR) is 76.1 cm³/mol. The fourth-order valence-corrected chi connectivity index (χ4v) is 1.66. The standard InChI is InChI=1S/C15H14ClNO/c16-13-7-9-14(10-8-13)18-15-6-2-1-4-12(15)5-3-11-17/h1-10H,11,17H2/b5-3+.